The van der Waals surface area contributed by atoms with Gasteiger partial charge in [0.25, 0.3) is 0 Å². The van der Waals surface area contributed by atoms with Crippen molar-refractivity contribution in [3.63, 3.8) is 0 Å². The molecule has 1 heterocycles. The molecule has 0 N–H and O–H groups in total. The Kier molecular flexibility index (Phi) is 4.51. The Morgan fingerprint density at radius 1 is 1.50 bits per heavy atom. The molecule has 80 valence electrons. The van der Waals surface area contributed by atoms with Crippen LogP contribution < -0.4 is 0 Å². The molecule has 0 aromatic carbocycles. The molecule has 0 fully saturated rings. The number of aromatic nitrogens is 2. The molecule has 0 radical (unpaired) electrons. The Morgan fingerprint density at radius 2 is 2.14 bits per heavy atom. The van der Waals surface area contributed by atoms with Gasteiger partial charge in [0.05, 0.1) is 15.9 Å². The van der Waals surface area contributed by atoms with E-state index in [2.05, 4.69) is 46.5 Å². The molecule has 0 saturated carbocycles. The Morgan fingerprint density at radius 3 is 2.64 bits per heavy atom. The molecule has 0 atom stereocenters. The minimum absolute atomic E-state index is 0.669. The summed E-state index contributed by atoms with van der Waals surface area (Å²) in [7, 11) is 0. The van der Waals surface area contributed by atoms with E-state index in [1.54, 1.807) is 0 Å². The molecule has 0 amide bonds. The van der Waals surface area contributed by atoms with E-state index in [1.807, 2.05) is 18.7 Å². The third kappa shape index (κ3) is 2.76. The van der Waals surface area contributed by atoms with Crippen molar-refractivity contribution < 1.29 is 0 Å². The van der Waals surface area contributed by atoms with Crippen LogP contribution in [-0.2, 0) is 12.3 Å². The molecular weight excluding hydrogens is 260 g/mol. The second-order valence-electron chi connectivity index (χ2n) is 3.52. The smallest absolute Gasteiger partial charge is 0.0739 e. The summed E-state index contributed by atoms with van der Waals surface area (Å²) in [4.78, 5) is 0. The molecule has 1 aromatic rings. The van der Waals surface area contributed by atoms with Gasteiger partial charge in [0.2, 0.25) is 0 Å². The van der Waals surface area contributed by atoms with Gasteiger partial charge in [-0.15, -0.1) is 0 Å². The summed E-state index contributed by atoms with van der Waals surface area (Å²) in [6.07, 6.45) is 0. The van der Waals surface area contributed by atoms with Gasteiger partial charge in [0.15, 0.2) is 0 Å². The number of hydrogen-bond donors (Lipinski definition) is 0. The van der Waals surface area contributed by atoms with Crippen molar-refractivity contribution in [1.82, 2.24) is 9.78 Å². The van der Waals surface area contributed by atoms with Crippen LogP contribution in [0.2, 0.25) is 0 Å². The predicted molar refractivity (Wildman–Crippen MR) is 66.8 cm³/mol. The first-order valence-electron chi connectivity index (χ1n) is 4.89. The first-order chi connectivity index (χ1) is 6.56. The Hall–Kier alpha value is 0.0400. The number of nitrogens with zero attached hydrogens (tertiary/aromatic N) is 2. The van der Waals surface area contributed by atoms with Crippen LogP contribution in [0.3, 0.4) is 0 Å². The average molecular weight is 277 g/mol. The normalized spacial score (nSPS) is 11.3. The summed E-state index contributed by atoms with van der Waals surface area (Å²) in [5, 5.41) is 5.13. The van der Waals surface area contributed by atoms with E-state index >= 15 is 0 Å². The highest BCUT2D eigenvalue weighted by molar-refractivity contribution is 9.10. The lowest BCUT2D eigenvalue weighted by Gasteiger charge is -2.07. The van der Waals surface area contributed by atoms with Crippen LogP contribution in [-0.4, -0.2) is 15.0 Å². The van der Waals surface area contributed by atoms with Gasteiger partial charge in [-0.1, -0.05) is 13.8 Å². The number of hydrogen-bond acceptors (Lipinski definition) is 2. The molecule has 0 unspecified atom stereocenters. The number of thioether (sulfide) groups is 1. The zero-order valence-corrected chi connectivity index (χ0v) is 11.6. The highest BCUT2D eigenvalue weighted by Crippen LogP contribution is 2.26. The highest BCUT2D eigenvalue weighted by Gasteiger charge is 2.12. The van der Waals surface area contributed by atoms with Crippen LogP contribution >= 0.6 is 27.7 Å². The second kappa shape index (κ2) is 5.21. The zero-order chi connectivity index (χ0) is 10.7. The predicted octanol–water partition coefficient (Wildman–Crippen LogP) is 3.62. The Labute approximate surface area is 98.6 Å². The summed E-state index contributed by atoms with van der Waals surface area (Å²) in [6, 6.07) is 0. The summed E-state index contributed by atoms with van der Waals surface area (Å²) in [5.74, 6) is 1.03. The lowest BCUT2D eigenvalue weighted by Crippen LogP contribution is -2.02. The van der Waals surface area contributed by atoms with Crippen LogP contribution in [0.5, 0.6) is 0 Å². The fourth-order valence-electron chi connectivity index (χ4n) is 1.25. The van der Waals surface area contributed by atoms with Crippen LogP contribution in [0.4, 0.5) is 0 Å². The zero-order valence-electron chi connectivity index (χ0n) is 9.17. The van der Waals surface area contributed by atoms with Crippen LogP contribution in [0.1, 0.15) is 32.2 Å². The Bertz CT molecular complexity index is 307. The van der Waals surface area contributed by atoms with E-state index in [1.165, 1.54) is 10.2 Å². The molecular formula is C10H17BrN2S. The van der Waals surface area contributed by atoms with Crippen molar-refractivity contribution in [3.05, 3.63) is 15.9 Å². The van der Waals surface area contributed by atoms with Gasteiger partial charge in [-0.3, -0.25) is 4.68 Å². The summed E-state index contributed by atoms with van der Waals surface area (Å²) < 4.78 is 3.25. The van der Waals surface area contributed by atoms with E-state index in [0.717, 1.165) is 18.0 Å². The third-order valence-corrected chi connectivity index (χ3v) is 4.14. The first kappa shape index (κ1) is 12.1. The summed E-state index contributed by atoms with van der Waals surface area (Å²) >= 11 is 5.55. The lowest BCUT2D eigenvalue weighted by atomic mass is 10.4. The minimum Gasteiger partial charge on any atom is -0.268 e. The van der Waals surface area contributed by atoms with Crippen molar-refractivity contribution in [3.8, 4) is 0 Å². The quantitative estimate of drug-likeness (QED) is 0.836. The molecule has 0 bridgehead atoms. The maximum absolute atomic E-state index is 4.46. The van der Waals surface area contributed by atoms with Gasteiger partial charge in [0, 0.05) is 12.3 Å². The molecule has 0 spiro atoms. The number of aryl methyl sites for hydroxylation is 2. The molecule has 2 nitrogen and oxygen atoms in total. The van der Waals surface area contributed by atoms with Gasteiger partial charge in [0.1, 0.15) is 0 Å². The van der Waals surface area contributed by atoms with Crippen molar-refractivity contribution in [2.45, 2.75) is 45.2 Å². The van der Waals surface area contributed by atoms with Gasteiger partial charge in [-0.25, -0.2) is 0 Å². The van der Waals surface area contributed by atoms with E-state index in [9.17, 15) is 0 Å². The minimum atomic E-state index is 0.669. The topological polar surface area (TPSA) is 17.8 Å². The third-order valence-electron chi connectivity index (χ3n) is 2.01. The van der Waals surface area contributed by atoms with Crippen molar-refractivity contribution >= 4 is 27.7 Å². The van der Waals surface area contributed by atoms with Crippen LogP contribution in [0.25, 0.3) is 0 Å². The van der Waals surface area contributed by atoms with Gasteiger partial charge >= 0.3 is 0 Å². The molecule has 4 heteroatoms. The van der Waals surface area contributed by atoms with E-state index in [4.69, 9.17) is 0 Å². The van der Waals surface area contributed by atoms with E-state index in [0.29, 0.717) is 5.25 Å². The molecule has 0 aliphatic heterocycles. The highest BCUT2D eigenvalue weighted by atomic mass is 79.9. The van der Waals surface area contributed by atoms with Crippen molar-refractivity contribution in [1.29, 1.82) is 0 Å². The fraction of sp³-hybridized carbons (Fsp3) is 0.700. The second-order valence-corrected chi connectivity index (χ2v) is 5.88. The summed E-state index contributed by atoms with van der Waals surface area (Å²) in [5.41, 5.74) is 2.40. The van der Waals surface area contributed by atoms with Crippen LogP contribution in [0, 0.1) is 6.92 Å². The van der Waals surface area contributed by atoms with E-state index in [-0.39, 0.29) is 0 Å². The molecule has 14 heavy (non-hydrogen) atoms. The van der Waals surface area contributed by atoms with Gasteiger partial charge in [-0.2, -0.15) is 16.9 Å². The number of halogens is 1. The summed E-state index contributed by atoms with van der Waals surface area (Å²) in [6.45, 7) is 9.55. The van der Waals surface area contributed by atoms with Gasteiger partial charge < -0.3 is 0 Å². The average Bonchev–Trinajstić information content (AvgIpc) is 2.40. The Balaban J connectivity index is 2.82. The first-order valence-corrected chi connectivity index (χ1v) is 6.73. The fourth-order valence-corrected chi connectivity index (χ4v) is 2.65. The van der Waals surface area contributed by atoms with Crippen LogP contribution in [0.15, 0.2) is 4.47 Å². The molecule has 1 aromatic heterocycles. The number of rotatable bonds is 4. The maximum atomic E-state index is 4.46. The SMILES string of the molecule is CCn1nc(C)c(Br)c1CSC(C)C. The molecule has 1 rings (SSSR count). The van der Waals surface area contributed by atoms with E-state index < -0.39 is 0 Å². The standard InChI is InChI=1S/C10H17BrN2S/c1-5-13-9(6-14-7(2)3)10(11)8(4)12-13/h7H,5-6H2,1-4H3. The monoisotopic (exact) mass is 276 g/mol. The molecule has 0 aliphatic carbocycles. The van der Waals surface area contributed by atoms with Gasteiger partial charge in [-0.05, 0) is 35.0 Å². The lowest BCUT2D eigenvalue weighted by molar-refractivity contribution is 0.631. The maximum Gasteiger partial charge on any atom is 0.0739 e. The van der Waals surface area contributed by atoms with Crippen molar-refractivity contribution in [2.24, 2.45) is 0 Å². The molecule has 0 saturated heterocycles. The molecule has 0 aliphatic rings. The van der Waals surface area contributed by atoms with Crippen molar-refractivity contribution in [2.75, 3.05) is 0 Å². The largest absolute Gasteiger partial charge is 0.268 e.